The zero-order valence-electron chi connectivity index (χ0n) is 12.3. The third-order valence-electron chi connectivity index (χ3n) is 3.31. The van der Waals surface area contributed by atoms with Gasteiger partial charge in [0.15, 0.2) is 11.5 Å². The Morgan fingerprint density at radius 2 is 1.71 bits per heavy atom. The van der Waals surface area contributed by atoms with Crippen LogP contribution in [0, 0.1) is 6.92 Å². The number of thiophene rings is 1. The molecule has 0 amide bonds. The van der Waals surface area contributed by atoms with Crippen molar-refractivity contribution in [3.8, 4) is 11.5 Å². The molecule has 0 saturated carbocycles. The monoisotopic (exact) mass is 298 g/mol. The lowest BCUT2D eigenvalue weighted by molar-refractivity contribution is 0.172. The van der Waals surface area contributed by atoms with Gasteiger partial charge in [0, 0.05) is 4.88 Å². The number of ether oxygens (including phenoxy) is 2. The zero-order valence-corrected chi connectivity index (χ0v) is 13.1. The summed E-state index contributed by atoms with van der Waals surface area (Å²) in [7, 11) is 0. The maximum Gasteiger partial charge on any atom is 0.179 e. The van der Waals surface area contributed by atoms with Crippen molar-refractivity contribution in [1.29, 1.82) is 0 Å². The lowest BCUT2D eigenvalue weighted by Gasteiger charge is -2.16. The molecule has 2 aliphatic rings. The Morgan fingerprint density at radius 3 is 2.57 bits per heavy atom. The molecule has 0 aromatic carbocycles. The summed E-state index contributed by atoms with van der Waals surface area (Å²) in [4.78, 5) is 2.29. The number of fused-ring (bicyclic) bond motifs is 1. The van der Waals surface area contributed by atoms with Crippen LogP contribution in [0.4, 0.5) is 0 Å². The molecule has 1 aromatic rings. The second-order valence-electron chi connectivity index (χ2n) is 5.01. The van der Waals surface area contributed by atoms with Crippen molar-refractivity contribution in [3.63, 3.8) is 0 Å². The second kappa shape index (κ2) is 6.19. The van der Waals surface area contributed by atoms with Crippen LogP contribution in [0.3, 0.4) is 0 Å². The molecule has 2 nitrogen and oxygen atoms in total. The lowest BCUT2D eigenvalue weighted by Crippen LogP contribution is -2.14. The minimum absolute atomic E-state index is 0.624. The Balaban J connectivity index is 1.84. The van der Waals surface area contributed by atoms with Crippen molar-refractivity contribution in [2.45, 2.75) is 13.8 Å². The molecule has 1 aliphatic carbocycles. The molecule has 108 valence electrons. The van der Waals surface area contributed by atoms with Crippen LogP contribution in [0.5, 0.6) is 11.5 Å². The molecule has 21 heavy (non-hydrogen) atoms. The number of hydrogen-bond acceptors (Lipinski definition) is 3. The first-order chi connectivity index (χ1) is 10.2. The Bertz CT molecular complexity index is 684. The molecule has 0 fully saturated rings. The molecule has 0 atom stereocenters. The van der Waals surface area contributed by atoms with Crippen molar-refractivity contribution in [2.75, 3.05) is 13.2 Å². The first-order valence-corrected chi connectivity index (χ1v) is 7.86. The fraction of sp³-hybridized carbons (Fsp3) is 0.222. The van der Waals surface area contributed by atoms with Crippen LogP contribution >= 0.6 is 11.3 Å². The van der Waals surface area contributed by atoms with Gasteiger partial charge in [0.1, 0.15) is 13.2 Å². The van der Waals surface area contributed by atoms with Crippen molar-refractivity contribution >= 4 is 17.4 Å². The summed E-state index contributed by atoms with van der Waals surface area (Å²) in [5.74, 6) is 1.80. The largest absolute Gasteiger partial charge is 0.485 e. The highest BCUT2D eigenvalue weighted by Crippen LogP contribution is 2.44. The molecule has 1 aliphatic heterocycles. The van der Waals surface area contributed by atoms with Crippen LogP contribution in [0.15, 0.2) is 53.7 Å². The summed E-state index contributed by atoms with van der Waals surface area (Å²) in [6.07, 6.45) is 16.8. The molecule has 3 heteroatoms. The van der Waals surface area contributed by atoms with Crippen molar-refractivity contribution in [2.24, 2.45) is 0 Å². The molecule has 0 unspecified atom stereocenters. The highest BCUT2D eigenvalue weighted by molar-refractivity contribution is 7.13. The SMILES string of the molecule is CC1=CC=CC(/C=C/c2sc(C)c3c2OCCO3)=CC=C1. The highest BCUT2D eigenvalue weighted by Gasteiger charge is 2.20. The molecule has 1 aromatic heterocycles. The lowest BCUT2D eigenvalue weighted by atomic mass is 10.1. The fourth-order valence-corrected chi connectivity index (χ4v) is 3.20. The Labute approximate surface area is 129 Å². The van der Waals surface area contributed by atoms with Crippen molar-refractivity contribution in [3.05, 3.63) is 63.4 Å². The van der Waals surface area contributed by atoms with Crippen molar-refractivity contribution in [1.82, 2.24) is 0 Å². The molecule has 0 spiro atoms. The summed E-state index contributed by atoms with van der Waals surface area (Å²) < 4.78 is 11.4. The van der Waals surface area contributed by atoms with E-state index in [0.29, 0.717) is 13.2 Å². The van der Waals surface area contributed by atoms with Crippen LogP contribution in [0.25, 0.3) is 6.08 Å². The number of rotatable bonds is 2. The molecular weight excluding hydrogens is 280 g/mol. The normalized spacial score (nSPS) is 17.4. The standard InChI is InChI=1S/C18H18O2S/c1-13-5-3-7-15(8-4-6-13)9-10-16-18-17(14(2)21-16)19-11-12-20-18/h3-10H,11-12H2,1-2H3/b5-3?,6-4?,7-3?,8-4?,10-9+,13-5?,13-6?,15-7?,15-8?. The molecule has 2 heterocycles. The Hall–Kier alpha value is -2.00. The quantitative estimate of drug-likeness (QED) is 0.778. The first-order valence-electron chi connectivity index (χ1n) is 7.04. The molecule has 0 radical (unpaired) electrons. The van der Waals surface area contributed by atoms with Gasteiger partial charge in [-0.3, -0.25) is 0 Å². The molecule has 0 saturated heterocycles. The van der Waals surface area contributed by atoms with Gasteiger partial charge in [0.05, 0.1) is 4.88 Å². The van der Waals surface area contributed by atoms with E-state index in [-0.39, 0.29) is 0 Å². The van der Waals surface area contributed by atoms with E-state index < -0.39 is 0 Å². The van der Waals surface area contributed by atoms with Crippen LogP contribution in [0.2, 0.25) is 0 Å². The Morgan fingerprint density at radius 1 is 0.952 bits per heavy atom. The smallest absolute Gasteiger partial charge is 0.179 e. The van der Waals surface area contributed by atoms with Gasteiger partial charge in [-0.25, -0.2) is 0 Å². The van der Waals surface area contributed by atoms with E-state index in [0.717, 1.165) is 21.9 Å². The molecule has 0 N–H and O–H groups in total. The van der Waals surface area contributed by atoms with E-state index >= 15 is 0 Å². The van der Waals surface area contributed by atoms with Crippen molar-refractivity contribution < 1.29 is 9.47 Å². The summed E-state index contributed by atoms with van der Waals surface area (Å²) in [6, 6.07) is 0. The Kier molecular flexibility index (Phi) is 4.11. The maximum atomic E-state index is 5.75. The average molecular weight is 298 g/mol. The minimum Gasteiger partial charge on any atom is -0.485 e. The van der Waals surface area contributed by atoms with E-state index in [1.165, 1.54) is 10.5 Å². The summed E-state index contributed by atoms with van der Waals surface area (Å²) in [6.45, 7) is 5.42. The minimum atomic E-state index is 0.624. The van der Waals surface area contributed by atoms with Crippen LogP contribution in [-0.2, 0) is 0 Å². The molecule has 3 rings (SSSR count). The van der Waals surface area contributed by atoms with E-state index in [4.69, 9.17) is 9.47 Å². The molecular formula is C18H18O2S. The summed E-state index contributed by atoms with van der Waals surface area (Å²) in [5, 5.41) is 0. The second-order valence-corrected chi connectivity index (χ2v) is 6.26. The third-order valence-corrected chi connectivity index (χ3v) is 4.34. The summed E-state index contributed by atoms with van der Waals surface area (Å²) in [5.41, 5.74) is 2.41. The van der Waals surface area contributed by atoms with Crippen LogP contribution in [-0.4, -0.2) is 13.2 Å². The predicted molar refractivity (Wildman–Crippen MR) is 89.2 cm³/mol. The first kappa shape index (κ1) is 14.0. The van der Waals surface area contributed by atoms with E-state index in [1.807, 2.05) is 0 Å². The van der Waals surface area contributed by atoms with Gasteiger partial charge in [-0.2, -0.15) is 0 Å². The van der Waals surface area contributed by atoms with E-state index in [9.17, 15) is 0 Å². The van der Waals surface area contributed by atoms with Gasteiger partial charge in [-0.15, -0.1) is 11.3 Å². The maximum absolute atomic E-state index is 5.75. The highest BCUT2D eigenvalue weighted by atomic mass is 32.1. The van der Waals surface area contributed by atoms with Gasteiger partial charge >= 0.3 is 0 Å². The predicted octanol–water partition coefficient (Wildman–Crippen LogP) is 4.84. The van der Waals surface area contributed by atoms with Gasteiger partial charge in [-0.1, -0.05) is 48.1 Å². The van der Waals surface area contributed by atoms with Crippen LogP contribution in [0.1, 0.15) is 16.7 Å². The zero-order chi connectivity index (χ0) is 14.7. The third kappa shape index (κ3) is 3.19. The van der Waals surface area contributed by atoms with Gasteiger partial charge < -0.3 is 9.47 Å². The topological polar surface area (TPSA) is 18.5 Å². The number of allylic oxidation sites excluding steroid dienone is 9. The fourth-order valence-electron chi connectivity index (χ4n) is 2.25. The van der Waals surface area contributed by atoms with E-state index in [2.05, 4.69) is 62.5 Å². The van der Waals surface area contributed by atoms with Crippen LogP contribution < -0.4 is 9.47 Å². The van der Waals surface area contributed by atoms with E-state index in [1.54, 1.807) is 11.3 Å². The summed E-state index contributed by atoms with van der Waals surface area (Å²) >= 11 is 1.71. The van der Waals surface area contributed by atoms with Gasteiger partial charge in [-0.05, 0) is 25.5 Å². The molecule has 0 bridgehead atoms. The van der Waals surface area contributed by atoms with Gasteiger partial charge in [0.25, 0.3) is 0 Å². The average Bonchev–Trinajstić information content (AvgIpc) is 2.79. The number of aryl methyl sites for hydroxylation is 1. The number of hydrogen-bond donors (Lipinski definition) is 0. The van der Waals surface area contributed by atoms with Gasteiger partial charge in [0.2, 0.25) is 0 Å².